The van der Waals surface area contributed by atoms with Crippen molar-refractivity contribution in [3.8, 4) is 17.1 Å². The Morgan fingerprint density at radius 1 is 0.703 bits per heavy atom. The maximum absolute atomic E-state index is 6.23. The fourth-order valence-electron chi connectivity index (χ4n) is 5.17. The molecule has 0 aliphatic carbocycles. The molecule has 6 heteroatoms. The van der Waals surface area contributed by atoms with Crippen LogP contribution in [-0.4, -0.2) is 27.9 Å². The van der Waals surface area contributed by atoms with E-state index in [2.05, 4.69) is 99.0 Å². The van der Waals surface area contributed by atoms with Crippen molar-refractivity contribution in [3.63, 3.8) is 0 Å². The lowest BCUT2D eigenvalue weighted by Crippen LogP contribution is -2.41. The van der Waals surface area contributed by atoms with Crippen LogP contribution in [0.1, 0.15) is 27.7 Å². The number of aromatic nitrogens is 2. The second kappa shape index (κ2) is 7.82. The van der Waals surface area contributed by atoms with E-state index >= 15 is 0 Å². The van der Waals surface area contributed by atoms with Crippen molar-refractivity contribution < 1.29 is 13.7 Å². The highest BCUT2D eigenvalue weighted by Gasteiger charge is 2.51. The minimum atomic E-state index is -0.437. The molecule has 0 spiro atoms. The van der Waals surface area contributed by atoms with Crippen LogP contribution < -0.4 is 5.46 Å². The minimum Gasteiger partial charge on any atom is -0.436 e. The summed E-state index contributed by atoms with van der Waals surface area (Å²) in [6.07, 6.45) is 0. The van der Waals surface area contributed by atoms with Crippen molar-refractivity contribution in [3.05, 3.63) is 91.0 Å². The maximum Gasteiger partial charge on any atom is 0.494 e. The molecule has 37 heavy (non-hydrogen) atoms. The molecular formula is C31H27BN2O3. The first-order valence-electron chi connectivity index (χ1n) is 12.7. The molecule has 0 radical (unpaired) electrons. The monoisotopic (exact) mass is 486 g/mol. The summed E-state index contributed by atoms with van der Waals surface area (Å²) in [5, 5.41) is 2.47. The predicted molar refractivity (Wildman–Crippen MR) is 149 cm³/mol. The third-order valence-corrected chi connectivity index (χ3v) is 7.87. The molecule has 3 heterocycles. The largest absolute Gasteiger partial charge is 0.494 e. The minimum absolute atomic E-state index is 0.394. The van der Waals surface area contributed by atoms with Crippen LogP contribution in [0.15, 0.2) is 95.4 Å². The van der Waals surface area contributed by atoms with Gasteiger partial charge in [0.15, 0.2) is 5.58 Å². The molecule has 1 fully saturated rings. The summed E-state index contributed by atoms with van der Waals surface area (Å²) in [6.45, 7) is 8.24. The number of oxazole rings is 1. The van der Waals surface area contributed by atoms with Gasteiger partial charge < -0.3 is 18.3 Å². The Morgan fingerprint density at radius 3 is 2.03 bits per heavy atom. The molecule has 0 saturated carbocycles. The number of para-hydroxylation sites is 2. The Hall–Kier alpha value is -3.87. The summed E-state index contributed by atoms with van der Waals surface area (Å²) >= 11 is 0. The molecule has 1 aliphatic heterocycles. The van der Waals surface area contributed by atoms with Gasteiger partial charge in [-0.2, -0.15) is 0 Å². The second-order valence-corrected chi connectivity index (χ2v) is 10.8. The van der Waals surface area contributed by atoms with Crippen LogP contribution in [-0.2, 0) is 9.31 Å². The van der Waals surface area contributed by atoms with Crippen LogP contribution in [0.3, 0.4) is 0 Å². The van der Waals surface area contributed by atoms with Gasteiger partial charge in [0.25, 0.3) is 0 Å². The summed E-state index contributed by atoms with van der Waals surface area (Å²) in [7, 11) is -0.437. The summed E-state index contributed by atoms with van der Waals surface area (Å²) in [4.78, 5) is 4.85. The van der Waals surface area contributed by atoms with Gasteiger partial charge in [-0.15, -0.1) is 0 Å². The molecule has 0 bridgehead atoms. The van der Waals surface area contributed by atoms with E-state index in [-0.39, 0.29) is 0 Å². The Bertz CT molecular complexity index is 1740. The van der Waals surface area contributed by atoms with E-state index in [4.69, 9.17) is 18.7 Å². The number of benzene rings is 4. The lowest BCUT2D eigenvalue weighted by molar-refractivity contribution is 0.00578. The zero-order chi connectivity index (χ0) is 25.4. The van der Waals surface area contributed by atoms with Gasteiger partial charge in [0, 0.05) is 22.0 Å². The number of nitrogens with zero attached hydrogens (tertiary/aromatic N) is 2. The van der Waals surface area contributed by atoms with E-state index in [1.54, 1.807) is 0 Å². The van der Waals surface area contributed by atoms with Crippen LogP contribution in [0.25, 0.3) is 50.0 Å². The summed E-state index contributed by atoms with van der Waals surface area (Å²) in [5.41, 5.74) is 6.00. The highest BCUT2D eigenvalue weighted by molar-refractivity contribution is 6.62. The van der Waals surface area contributed by atoms with E-state index in [0.717, 1.165) is 27.8 Å². The van der Waals surface area contributed by atoms with Crippen LogP contribution >= 0.6 is 0 Å². The van der Waals surface area contributed by atoms with Crippen LogP contribution in [0.2, 0.25) is 0 Å². The second-order valence-electron chi connectivity index (χ2n) is 10.8. The van der Waals surface area contributed by atoms with Gasteiger partial charge in [-0.05, 0) is 75.6 Å². The number of fused-ring (bicyclic) bond motifs is 4. The first-order chi connectivity index (χ1) is 17.8. The quantitative estimate of drug-likeness (QED) is 0.256. The SMILES string of the molecule is CC1(C)OB(c2ccc3oc(-c4cccc(-n5c6ccccc6c6ccccc65)c4)nc3c2)OC1(C)C. The van der Waals surface area contributed by atoms with E-state index in [9.17, 15) is 0 Å². The number of hydrogen-bond donors (Lipinski definition) is 0. The van der Waals surface area contributed by atoms with E-state index in [1.165, 1.54) is 21.8 Å². The molecular weight excluding hydrogens is 459 g/mol. The van der Waals surface area contributed by atoms with Crippen molar-refractivity contribution in [2.75, 3.05) is 0 Å². The first-order valence-corrected chi connectivity index (χ1v) is 12.7. The molecule has 182 valence electrons. The molecule has 5 nitrogen and oxygen atoms in total. The molecule has 0 unspecified atom stereocenters. The van der Waals surface area contributed by atoms with Crippen molar-refractivity contribution >= 4 is 45.5 Å². The molecule has 6 aromatic rings. The fraction of sp³-hybridized carbons (Fsp3) is 0.194. The molecule has 1 saturated heterocycles. The molecule has 0 N–H and O–H groups in total. The summed E-state index contributed by atoms with van der Waals surface area (Å²) < 4.78 is 21.0. The summed E-state index contributed by atoms with van der Waals surface area (Å²) in [6, 6.07) is 31.3. The van der Waals surface area contributed by atoms with Gasteiger partial charge in [-0.25, -0.2) is 4.98 Å². The Kier molecular flexibility index (Phi) is 4.72. The highest BCUT2D eigenvalue weighted by Crippen LogP contribution is 2.37. The third-order valence-electron chi connectivity index (χ3n) is 7.87. The lowest BCUT2D eigenvalue weighted by Gasteiger charge is -2.32. The first kappa shape index (κ1) is 22.3. The van der Waals surface area contributed by atoms with Gasteiger partial charge >= 0.3 is 7.12 Å². The average Bonchev–Trinajstić information content (AvgIpc) is 3.53. The van der Waals surface area contributed by atoms with Crippen molar-refractivity contribution in [2.45, 2.75) is 38.9 Å². The lowest BCUT2D eigenvalue weighted by atomic mass is 9.79. The van der Waals surface area contributed by atoms with Crippen LogP contribution in [0, 0.1) is 0 Å². The maximum atomic E-state index is 6.23. The van der Waals surface area contributed by atoms with Gasteiger partial charge in [0.1, 0.15) is 5.52 Å². The topological polar surface area (TPSA) is 49.4 Å². The molecule has 2 aromatic heterocycles. The zero-order valence-corrected chi connectivity index (χ0v) is 21.4. The van der Waals surface area contributed by atoms with Crippen molar-refractivity contribution in [1.29, 1.82) is 0 Å². The third kappa shape index (κ3) is 3.44. The summed E-state index contributed by atoms with van der Waals surface area (Å²) in [5.74, 6) is 0.587. The van der Waals surface area contributed by atoms with Gasteiger partial charge in [-0.1, -0.05) is 48.5 Å². The average molecular weight is 486 g/mol. The van der Waals surface area contributed by atoms with E-state index < -0.39 is 18.3 Å². The Labute approximate surface area is 215 Å². The Morgan fingerprint density at radius 2 is 1.35 bits per heavy atom. The van der Waals surface area contributed by atoms with Crippen molar-refractivity contribution in [2.24, 2.45) is 0 Å². The molecule has 0 atom stereocenters. The number of rotatable bonds is 3. The van der Waals surface area contributed by atoms with Crippen LogP contribution in [0.5, 0.6) is 0 Å². The molecule has 7 rings (SSSR count). The van der Waals surface area contributed by atoms with Gasteiger partial charge in [0.05, 0.1) is 22.2 Å². The van der Waals surface area contributed by atoms with E-state index in [0.29, 0.717) is 5.89 Å². The fourth-order valence-corrected chi connectivity index (χ4v) is 5.17. The normalized spacial score (nSPS) is 16.8. The van der Waals surface area contributed by atoms with Crippen LogP contribution in [0.4, 0.5) is 0 Å². The van der Waals surface area contributed by atoms with Crippen molar-refractivity contribution in [1.82, 2.24) is 9.55 Å². The molecule has 0 amide bonds. The standard InChI is InChI=1S/C31H27BN2O3/c1-30(2)31(3,4)37-32(36-30)21-16-17-28-25(19-21)33-29(35-28)20-10-9-11-22(18-20)34-26-14-7-5-12-23(26)24-13-6-8-15-27(24)34/h5-19H,1-4H3. The van der Waals surface area contributed by atoms with Gasteiger partial charge in [0.2, 0.25) is 5.89 Å². The highest BCUT2D eigenvalue weighted by atomic mass is 16.7. The molecule has 4 aromatic carbocycles. The molecule has 1 aliphatic rings. The Balaban J connectivity index is 1.30. The number of hydrogen-bond acceptors (Lipinski definition) is 4. The smallest absolute Gasteiger partial charge is 0.436 e. The zero-order valence-electron chi connectivity index (χ0n) is 21.4. The van der Waals surface area contributed by atoms with Gasteiger partial charge in [-0.3, -0.25) is 0 Å². The van der Waals surface area contributed by atoms with E-state index in [1.807, 2.05) is 24.3 Å². The predicted octanol–water partition coefficient (Wildman–Crippen LogP) is 6.89.